The van der Waals surface area contributed by atoms with Crippen LogP contribution in [0.15, 0.2) is 48.5 Å². The van der Waals surface area contributed by atoms with E-state index in [0.29, 0.717) is 41.0 Å². The number of aryl methyl sites for hydroxylation is 1. The van der Waals surface area contributed by atoms with Gasteiger partial charge in [-0.15, -0.1) is 11.3 Å². The lowest BCUT2D eigenvalue weighted by atomic mass is 10.2. The first-order chi connectivity index (χ1) is 16.4. The first kappa shape index (κ1) is 23.3. The SMILES string of the molecule is CCOc1cc(NC(=O)c2cc3c(C)nn(-c4ccccc4)c3s2)c(OCC)cc1NC(C)=O. The zero-order valence-electron chi connectivity index (χ0n) is 19.5. The minimum atomic E-state index is -0.268. The molecule has 2 amide bonds. The van der Waals surface area contributed by atoms with Crippen LogP contribution < -0.4 is 20.1 Å². The van der Waals surface area contributed by atoms with Crippen molar-refractivity contribution in [2.45, 2.75) is 27.7 Å². The second-order valence-electron chi connectivity index (χ2n) is 7.51. The van der Waals surface area contributed by atoms with E-state index >= 15 is 0 Å². The summed E-state index contributed by atoms with van der Waals surface area (Å²) in [4.78, 5) is 26.3. The van der Waals surface area contributed by atoms with Crippen LogP contribution in [-0.2, 0) is 4.79 Å². The van der Waals surface area contributed by atoms with Crippen LogP contribution in [0, 0.1) is 6.92 Å². The molecular formula is C25H26N4O4S. The topological polar surface area (TPSA) is 94.5 Å². The van der Waals surface area contributed by atoms with Crippen molar-refractivity contribution in [2.75, 3.05) is 23.8 Å². The molecule has 2 aromatic heterocycles. The predicted octanol–water partition coefficient (Wildman–Crippen LogP) is 5.40. The number of rotatable bonds is 8. The minimum Gasteiger partial charge on any atom is -0.492 e. The lowest BCUT2D eigenvalue weighted by Crippen LogP contribution is -2.13. The van der Waals surface area contributed by atoms with Crippen molar-refractivity contribution in [2.24, 2.45) is 0 Å². The molecule has 0 atom stereocenters. The van der Waals surface area contributed by atoms with E-state index in [-0.39, 0.29) is 11.8 Å². The van der Waals surface area contributed by atoms with Crippen LogP contribution in [-0.4, -0.2) is 34.8 Å². The van der Waals surface area contributed by atoms with Crippen molar-refractivity contribution in [1.82, 2.24) is 9.78 Å². The van der Waals surface area contributed by atoms with Crippen LogP contribution in [0.3, 0.4) is 0 Å². The number of benzene rings is 2. The molecule has 4 rings (SSSR count). The Bertz CT molecular complexity index is 1340. The lowest BCUT2D eigenvalue weighted by molar-refractivity contribution is -0.114. The summed E-state index contributed by atoms with van der Waals surface area (Å²) in [7, 11) is 0. The highest BCUT2D eigenvalue weighted by Crippen LogP contribution is 2.38. The molecule has 9 heteroatoms. The summed E-state index contributed by atoms with van der Waals surface area (Å²) in [5.74, 6) is 0.392. The number of ether oxygens (including phenoxy) is 2. The third kappa shape index (κ3) is 4.74. The van der Waals surface area contributed by atoms with Gasteiger partial charge < -0.3 is 20.1 Å². The average molecular weight is 479 g/mol. The molecular weight excluding hydrogens is 452 g/mol. The molecule has 176 valence electrons. The Hall–Kier alpha value is -3.85. The molecule has 2 N–H and O–H groups in total. The smallest absolute Gasteiger partial charge is 0.265 e. The highest BCUT2D eigenvalue weighted by atomic mass is 32.1. The monoisotopic (exact) mass is 478 g/mol. The number of nitrogens with zero attached hydrogens (tertiary/aromatic N) is 2. The number of hydrogen-bond donors (Lipinski definition) is 2. The Balaban J connectivity index is 1.69. The molecule has 0 saturated heterocycles. The maximum absolute atomic E-state index is 13.2. The van der Waals surface area contributed by atoms with Gasteiger partial charge in [0, 0.05) is 24.4 Å². The number of thiophene rings is 1. The number of para-hydroxylation sites is 1. The molecule has 0 bridgehead atoms. The molecule has 0 aliphatic carbocycles. The van der Waals surface area contributed by atoms with Gasteiger partial charge in [-0.05, 0) is 39.0 Å². The predicted molar refractivity (Wildman–Crippen MR) is 135 cm³/mol. The molecule has 0 radical (unpaired) electrons. The fraction of sp³-hybridized carbons (Fsp3) is 0.240. The maximum atomic E-state index is 13.2. The Morgan fingerprint density at radius 2 is 1.59 bits per heavy atom. The molecule has 34 heavy (non-hydrogen) atoms. The van der Waals surface area contributed by atoms with Gasteiger partial charge in [0.1, 0.15) is 16.3 Å². The van der Waals surface area contributed by atoms with Crippen molar-refractivity contribution >= 4 is 44.7 Å². The standard InChI is InChI=1S/C25H26N4O4S/c1-5-32-21-14-20(22(33-6-2)13-19(21)26-16(4)30)27-24(31)23-12-18-15(3)28-29(25(18)34-23)17-10-8-7-9-11-17/h7-14H,5-6H2,1-4H3,(H,26,30)(H,27,31). The minimum absolute atomic E-state index is 0.228. The Morgan fingerprint density at radius 1 is 0.971 bits per heavy atom. The fourth-order valence-corrected chi connectivity index (χ4v) is 4.66. The fourth-order valence-electron chi connectivity index (χ4n) is 3.58. The highest BCUT2D eigenvalue weighted by Gasteiger charge is 2.20. The van der Waals surface area contributed by atoms with E-state index in [2.05, 4.69) is 15.7 Å². The van der Waals surface area contributed by atoms with Crippen LogP contribution >= 0.6 is 11.3 Å². The van der Waals surface area contributed by atoms with Crippen LogP contribution in [0.1, 0.15) is 36.1 Å². The van der Waals surface area contributed by atoms with Crippen molar-refractivity contribution < 1.29 is 19.1 Å². The number of aromatic nitrogens is 2. The summed E-state index contributed by atoms with van der Waals surface area (Å²) in [5.41, 5.74) is 2.73. The van der Waals surface area contributed by atoms with Crippen molar-refractivity contribution in [3.8, 4) is 17.2 Å². The number of anilines is 2. The first-order valence-corrected chi connectivity index (χ1v) is 11.8. The molecule has 0 fully saturated rings. The molecule has 0 aliphatic heterocycles. The van der Waals surface area contributed by atoms with Gasteiger partial charge in [-0.1, -0.05) is 18.2 Å². The van der Waals surface area contributed by atoms with E-state index in [0.717, 1.165) is 21.6 Å². The lowest BCUT2D eigenvalue weighted by Gasteiger charge is -2.17. The molecule has 4 aromatic rings. The zero-order valence-corrected chi connectivity index (χ0v) is 20.3. The van der Waals surface area contributed by atoms with E-state index in [1.54, 1.807) is 12.1 Å². The van der Waals surface area contributed by atoms with E-state index in [4.69, 9.17) is 9.47 Å². The van der Waals surface area contributed by atoms with Gasteiger partial charge >= 0.3 is 0 Å². The van der Waals surface area contributed by atoms with Gasteiger partial charge in [-0.3, -0.25) is 9.59 Å². The summed E-state index contributed by atoms with van der Waals surface area (Å²) in [6, 6.07) is 15.0. The molecule has 0 unspecified atom stereocenters. The molecule has 8 nitrogen and oxygen atoms in total. The number of amides is 2. The third-order valence-electron chi connectivity index (χ3n) is 5.01. The van der Waals surface area contributed by atoms with Crippen molar-refractivity contribution in [3.63, 3.8) is 0 Å². The van der Waals surface area contributed by atoms with E-state index in [9.17, 15) is 9.59 Å². The quantitative estimate of drug-likeness (QED) is 0.353. The average Bonchev–Trinajstić information content (AvgIpc) is 3.38. The van der Waals surface area contributed by atoms with E-state index in [1.165, 1.54) is 18.3 Å². The van der Waals surface area contributed by atoms with Gasteiger partial charge in [0.25, 0.3) is 5.91 Å². The second-order valence-corrected chi connectivity index (χ2v) is 8.54. The van der Waals surface area contributed by atoms with Crippen LogP contribution in [0.4, 0.5) is 11.4 Å². The second kappa shape index (κ2) is 9.96. The number of nitrogens with one attached hydrogen (secondary N) is 2. The van der Waals surface area contributed by atoms with E-state index < -0.39 is 0 Å². The van der Waals surface area contributed by atoms with Gasteiger partial charge in [-0.2, -0.15) is 5.10 Å². The molecule has 2 heterocycles. The molecule has 0 saturated carbocycles. The molecule has 0 spiro atoms. The van der Waals surface area contributed by atoms with Gasteiger partial charge in [0.05, 0.1) is 40.8 Å². The number of hydrogen-bond acceptors (Lipinski definition) is 6. The van der Waals surface area contributed by atoms with Crippen LogP contribution in [0.5, 0.6) is 11.5 Å². The summed E-state index contributed by atoms with van der Waals surface area (Å²) in [6.07, 6.45) is 0. The summed E-state index contributed by atoms with van der Waals surface area (Å²) >= 11 is 1.37. The molecule has 0 aliphatic rings. The van der Waals surface area contributed by atoms with Crippen molar-refractivity contribution in [1.29, 1.82) is 0 Å². The highest BCUT2D eigenvalue weighted by molar-refractivity contribution is 7.20. The maximum Gasteiger partial charge on any atom is 0.265 e. The van der Waals surface area contributed by atoms with Crippen molar-refractivity contribution in [3.05, 3.63) is 59.1 Å². The van der Waals surface area contributed by atoms with E-state index in [1.807, 2.05) is 61.9 Å². The van der Waals surface area contributed by atoms with Crippen LogP contribution in [0.25, 0.3) is 15.9 Å². The Morgan fingerprint density at radius 3 is 2.18 bits per heavy atom. The Labute approximate surface area is 201 Å². The normalized spacial score (nSPS) is 10.8. The van der Waals surface area contributed by atoms with Crippen LogP contribution in [0.2, 0.25) is 0 Å². The number of carbonyl (C=O) groups is 2. The number of carbonyl (C=O) groups excluding carboxylic acids is 2. The largest absolute Gasteiger partial charge is 0.492 e. The molecule has 2 aromatic carbocycles. The van der Waals surface area contributed by atoms with Gasteiger partial charge in [0.15, 0.2) is 0 Å². The summed E-state index contributed by atoms with van der Waals surface area (Å²) in [5, 5.41) is 11.3. The zero-order chi connectivity index (χ0) is 24.2. The number of fused-ring (bicyclic) bond motifs is 1. The Kier molecular flexibility index (Phi) is 6.83. The summed E-state index contributed by atoms with van der Waals surface area (Å²) in [6.45, 7) is 7.85. The third-order valence-corrected chi connectivity index (χ3v) is 6.12. The van der Waals surface area contributed by atoms with Gasteiger partial charge in [-0.25, -0.2) is 4.68 Å². The summed E-state index contributed by atoms with van der Waals surface area (Å²) < 4.78 is 13.3. The van der Waals surface area contributed by atoms with Gasteiger partial charge in [0.2, 0.25) is 5.91 Å². The first-order valence-electron chi connectivity index (χ1n) is 11.0.